The number of allylic oxidation sites excluding steroid dienone is 5. The first-order chi connectivity index (χ1) is 20.7. The Balaban J connectivity index is 0.00000127. The summed E-state index contributed by atoms with van der Waals surface area (Å²) in [7, 11) is 0. The quantitative estimate of drug-likeness (QED) is 0.215. The van der Waals surface area contributed by atoms with Crippen LogP contribution in [0.1, 0.15) is 147 Å². The van der Waals surface area contributed by atoms with Crippen LogP contribution in [0, 0.1) is 56.7 Å². The van der Waals surface area contributed by atoms with Crippen LogP contribution in [-0.2, 0) is 0 Å². The zero-order chi connectivity index (χ0) is 33.1. The molecule has 0 aromatic carbocycles. The van der Waals surface area contributed by atoms with E-state index in [0.717, 1.165) is 17.8 Å². The number of unbranched alkanes of at least 4 members (excludes halogenated alkanes) is 1. The third kappa shape index (κ3) is 7.09. The summed E-state index contributed by atoms with van der Waals surface area (Å²) < 4.78 is 0. The Kier molecular flexibility index (Phi) is 12.2. The third-order valence-corrected chi connectivity index (χ3v) is 13.6. The van der Waals surface area contributed by atoms with E-state index in [9.17, 15) is 0 Å². The maximum Gasteiger partial charge on any atom is 0.0104 e. The van der Waals surface area contributed by atoms with Gasteiger partial charge in [-0.15, -0.1) is 13.2 Å². The summed E-state index contributed by atoms with van der Waals surface area (Å²) >= 11 is 0. The molecule has 0 aromatic heterocycles. The van der Waals surface area contributed by atoms with Crippen LogP contribution in [0.2, 0.25) is 0 Å². The van der Waals surface area contributed by atoms with Crippen LogP contribution in [0.15, 0.2) is 49.1 Å². The zero-order valence-corrected chi connectivity index (χ0v) is 31.6. The Morgan fingerprint density at radius 3 is 2.20 bits per heavy atom. The molecule has 0 aromatic rings. The fourth-order valence-corrected chi connectivity index (χ4v) is 11.7. The SMILES string of the molecule is C=C.C=C1C=C2C(C)(/C=C\C)C(C(C)(C)C)CCC2(C)C2CCC3(CCCCN4CCC(C)C4)CCC(C)(C)CC3C12.CC. The first-order valence-corrected chi connectivity index (χ1v) is 18.9. The topological polar surface area (TPSA) is 3.24 Å². The second kappa shape index (κ2) is 14.4. The van der Waals surface area contributed by atoms with Crippen molar-refractivity contribution in [1.82, 2.24) is 4.90 Å². The van der Waals surface area contributed by atoms with Gasteiger partial charge in [-0.3, -0.25) is 0 Å². The first kappa shape index (κ1) is 37.4. The lowest BCUT2D eigenvalue weighted by Crippen LogP contribution is -2.57. The van der Waals surface area contributed by atoms with E-state index in [2.05, 4.69) is 98.6 Å². The van der Waals surface area contributed by atoms with Crippen molar-refractivity contribution >= 4 is 0 Å². The van der Waals surface area contributed by atoms with Gasteiger partial charge in [0.05, 0.1) is 0 Å². The van der Waals surface area contributed by atoms with Gasteiger partial charge in [0.1, 0.15) is 0 Å². The second-order valence-electron chi connectivity index (χ2n) is 18.0. The van der Waals surface area contributed by atoms with Crippen molar-refractivity contribution < 1.29 is 0 Å². The molecule has 1 heterocycles. The van der Waals surface area contributed by atoms with Gasteiger partial charge in [0.25, 0.3) is 0 Å². The predicted molar refractivity (Wildman–Crippen MR) is 197 cm³/mol. The lowest BCUT2D eigenvalue weighted by molar-refractivity contribution is -0.0993. The normalized spacial score (nSPS) is 40.0. The Labute approximate surface area is 276 Å². The van der Waals surface area contributed by atoms with Gasteiger partial charge in [-0.25, -0.2) is 0 Å². The van der Waals surface area contributed by atoms with Crippen molar-refractivity contribution in [3.8, 4) is 0 Å². The monoisotopic (exact) mass is 606 g/mol. The van der Waals surface area contributed by atoms with E-state index in [0.29, 0.717) is 33.5 Å². The number of hydrogen-bond donors (Lipinski definition) is 0. The van der Waals surface area contributed by atoms with Gasteiger partial charge in [0, 0.05) is 12.0 Å². The molecule has 8 atom stereocenters. The summed E-state index contributed by atoms with van der Waals surface area (Å²) in [6.45, 7) is 41.5. The molecule has 252 valence electrons. The van der Waals surface area contributed by atoms with Crippen molar-refractivity contribution in [3.63, 3.8) is 0 Å². The summed E-state index contributed by atoms with van der Waals surface area (Å²) in [6, 6.07) is 0. The van der Waals surface area contributed by atoms with Crippen LogP contribution < -0.4 is 0 Å². The Hall–Kier alpha value is -1.08. The summed E-state index contributed by atoms with van der Waals surface area (Å²) in [5, 5.41) is 0. The molecule has 0 N–H and O–H groups in total. The van der Waals surface area contributed by atoms with Crippen molar-refractivity contribution in [1.29, 1.82) is 0 Å². The summed E-state index contributed by atoms with van der Waals surface area (Å²) in [6.07, 6.45) is 23.2. The number of hydrogen-bond acceptors (Lipinski definition) is 1. The molecule has 0 radical (unpaired) electrons. The van der Waals surface area contributed by atoms with Crippen molar-refractivity contribution in [2.45, 2.75) is 147 Å². The lowest BCUT2D eigenvalue weighted by atomic mass is 9.39. The maximum absolute atomic E-state index is 4.95. The van der Waals surface area contributed by atoms with Crippen LogP contribution in [-0.4, -0.2) is 24.5 Å². The van der Waals surface area contributed by atoms with Gasteiger partial charge in [0.2, 0.25) is 0 Å². The molecule has 0 amide bonds. The number of likely N-dealkylation sites (tertiary alicyclic amines) is 1. The molecule has 8 unspecified atom stereocenters. The van der Waals surface area contributed by atoms with E-state index in [1.54, 1.807) is 5.57 Å². The Bertz CT molecular complexity index is 1020. The molecule has 0 spiro atoms. The highest BCUT2D eigenvalue weighted by molar-refractivity contribution is 5.43. The van der Waals surface area contributed by atoms with Crippen LogP contribution in [0.4, 0.5) is 0 Å². The highest BCUT2D eigenvalue weighted by atomic mass is 15.1. The van der Waals surface area contributed by atoms with E-state index >= 15 is 0 Å². The molecule has 1 nitrogen and oxygen atoms in total. The molecule has 44 heavy (non-hydrogen) atoms. The number of nitrogens with zero attached hydrogens (tertiary/aromatic N) is 1. The molecule has 1 aliphatic heterocycles. The van der Waals surface area contributed by atoms with E-state index < -0.39 is 0 Å². The summed E-state index contributed by atoms with van der Waals surface area (Å²) in [5.41, 5.74) is 4.99. The lowest BCUT2D eigenvalue weighted by Gasteiger charge is -2.66. The van der Waals surface area contributed by atoms with Gasteiger partial charge in [0.15, 0.2) is 0 Å². The average molecular weight is 606 g/mol. The average Bonchev–Trinajstić information content (AvgIpc) is 3.38. The number of rotatable bonds is 6. The molecule has 1 heteroatoms. The smallest absolute Gasteiger partial charge is 0.0104 e. The minimum Gasteiger partial charge on any atom is -0.303 e. The molecule has 0 bridgehead atoms. The molecule has 4 fully saturated rings. The van der Waals surface area contributed by atoms with Crippen molar-refractivity contribution in [2.24, 2.45) is 56.7 Å². The molecular formula is C43H75N. The van der Waals surface area contributed by atoms with E-state index in [1.165, 1.54) is 95.8 Å². The van der Waals surface area contributed by atoms with Crippen LogP contribution in [0.25, 0.3) is 0 Å². The Morgan fingerprint density at radius 2 is 1.61 bits per heavy atom. The molecular weight excluding hydrogens is 530 g/mol. The van der Waals surface area contributed by atoms with Crippen molar-refractivity contribution in [2.75, 3.05) is 19.6 Å². The van der Waals surface area contributed by atoms with Crippen LogP contribution in [0.3, 0.4) is 0 Å². The van der Waals surface area contributed by atoms with Gasteiger partial charge >= 0.3 is 0 Å². The fourth-order valence-electron chi connectivity index (χ4n) is 11.7. The maximum atomic E-state index is 4.95. The van der Waals surface area contributed by atoms with Crippen LogP contribution >= 0.6 is 0 Å². The predicted octanol–water partition coefficient (Wildman–Crippen LogP) is 12.7. The number of fused-ring (bicyclic) bond motifs is 5. The van der Waals surface area contributed by atoms with Gasteiger partial charge in [-0.1, -0.05) is 112 Å². The zero-order valence-electron chi connectivity index (χ0n) is 31.6. The summed E-state index contributed by atoms with van der Waals surface area (Å²) in [4.78, 5) is 2.74. The molecule has 5 aliphatic rings. The standard InChI is InChI=1S/C39H65N.C2H6.C2H4/c1-11-17-38(10)32(35(4,5)6)15-19-37(9)30-14-20-39(18-12-13-23-40-24-16-28(2)27-40)22-21-36(7,8)26-31(39)34(30)29(3)25-33(37)38;2*1-2/h11,17,25,28,30-32,34H,3,12-16,18-24,26-27H2,1-2,4-10H3;1-2H3;1-2H2/b17-11-;;. The van der Waals surface area contributed by atoms with Crippen molar-refractivity contribution in [3.05, 3.63) is 49.1 Å². The second-order valence-corrected chi connectivity index (χ2v) is 18.0. The van der Waals surface area contributed by atoms with E-state index in [4.69, 9.17) is 6.58 Å². The Morgan fingerprint density at radius 1 is 0.932 bits per heavy atom. The fraction of sp³-hybridized carbons (Fsp3) is 0.814. The highest BCUT2D eigenvalue weighted by Crippen LogP contribution is 2.71. The summed E-state index contributed by atoms with van der Waals surface area (Å²) in [5.74, 6) is 3.85. The molecule has 3 saturated carbocycles. The first-order valence-electron chi connectivity index (χ1n) is 18.9. The largest absolute Gasteiger partial charge is 0.303 e. The van der Waals surface area contributed by atoms with E-state index in [1.807, 2.05) is 13.8 Å². The minimum absolute atomic E-state index is 0.126. The third-order valence-electron chi connectivity index (χ3n) is 13.6. The van der Waals surface area contributed by atoms with Gasteiger partial charge in [-0.2, -0.15) is 0 Å². The van der Waals surface area contributed by atoms with Gasteiger partial charge in [-0.05, 0) is 135 Å². The van der Waals surface area contributed by atoms with E-state index in [-0.39, 0.29) is 5.41 Å². The van der Waals surface area contributed by atoms with Crippen LogP contribution in [0.5, 0.6) is 0 Å². The van der Waals surface area contributed by atoms with Gasteiger partial charge < -0.3 is 4.90 Å². The minimum atomic E-state index is 0.126. The molecule has 1 saturated heterocycles. The molecule has 5 rings (SSSR count). The molecule has 4 aliphatic carbocycles. The highest BCUT2D eigenvalue weighted by Gasteiger charge is 2.62.